The second kappa shape index (κ2) is 7.48. The highest BCUT2D eigenvalue weighted by Crippen LogP contribution is 2.25. The smallest absolute Gasteiger partial charge is 0.162 e. The van der Waals surface area contributed by atoms with Gasteiger partial charge >= 0.3 is 0 Å². The molecule has 0 N–H and O–H groups in total. The first-order chi connectivity index (χ1) is 10.2. The number of carbonyl (C=O) groups excluding carboxylic acids is 1. The molecule has 0 saturated heterocycles. The zero-order valence-corrected chi connectivity index (χ0v) is 12.5. The van der Waals surface area contributed by atoms with E-state index < -0.39 is 0 Å². The number of ether oxygens (including phenoxy) is 2. The summed E-state index contributed by atoms with van der Waals surface area (Å²) in [6.45, 7) is 4.63. The molecule has 21 heavy (non-hydrogen) atoms. The molecule has 0 fully saturated rings. The second-order valence-corrected chi connectivity index (χ2v) is 4.73. The Bertz CT molecular complexity index is 588. The lowest BCUT2D eigenvalue weighted by Crippen LogP contribution is -1.96. The predicted octanol–water partition coefficient (Wildman–Crippen LogP) is 4.86. The lowest BCUT2D eigenvalue weighted by molar-refractivity contribution is 0.0988. The van der Waals surface area contributed by atoms with E-state index in [1.165, 1.54) is 0 Å². The molecule has 0 spiro atoms. The number of carbonyl (C=O) groups is 1. The minimum atomic E-state index is 0.115. The summed E-state index contributed by atoms with van der Waals surface area (Å²) in [6, 6.07) is 14.7. The van der Waals surface area contributed by atoms with E-state index in [4.69, 9.17) is 9.47 Å². The van der Waals surface area contributed by atoms with Crippen LogP contribution in [0.3, 0.4) is 0 Å². The van der Waals surface area contributed by atoms with E-state index >= 15 is 0 Å². The molecule has 0 atom stereocenters. The molecule has 0 aliphatic heterocycles. The van der Waals surface area contributed by atoms with Gasteiger partial charge in [0.1, 0.15) is 17.2 Å². The quantitative estimate of drug-likeness (QED) is 0.681. The minimum absolute atomic E-state index is 0.115. The van der Waals surface area contributed by atoms with Gasteiger partial charge in [-0.25, -0.2) is 0 Å². The van der Waals surface area contributed by atoms with Crippen molar-refractivity contribution in [1.29, 1.82) is 0 Å². The summed E-state index contributed by atoms with van der Waals surface area (Å²) in [6.07, 6.45) is 1.48. The highest BCUT2D eigenvalue weighted by Gasteiger charge is 2.05. The summed E-state index contributed by atoms with van der Waals surface area (Å²) in [5.74, 6) is 2.33. The fraction of sp³-hybridized carbons (Fsp3) is 0.278. The van der Waals surface area contributed by atoms with Gasteiger partial charge in [-0.05, 0) is 42.8 Å². The molecule has 0 unspecified atom stereocenters. The molecular formula is C18H20O3. The van der Waals surface area contributed by atoms with Gasteiger partial charge in [0.2, 0.25) is 0 Å². The molecule has 0 bridgehead atoms. The maximum absolute atomic E-state index is 11.7. The van der Waals surface area contributed by atoms with E-state index in [1.807, 2.05) is 43.3 Å². The van der Waals surface area contributed by atoms with Crippen molar-refractivity contribution in [3.8, 4) is 17.2 Å². The molecule has 0 aliphatic rings. The van der Waals surface area contributed by atoms with Gasteiger partial charge in [-0.15, -0.1) is 0 Å². The molecule has 0 amide bonds. The molecule has 2 aromatic carbocycles. The number of ketones is 1. The van der Waals surface area contributed by atoms with Crippen LogP contribution < -0.4 is 9.47 Å². The molecule has 0 aromatic heterocycles. The number of hydrogen-bond donors (Lipinski definition) is 0. The molecular weight excluding hydrogens is 264 g/mol. The fourth-order valence-electron chi connectivity index (χ4n) is 1.90. The van der Waals surface area contributed by atoms with E-state index in [-0.39, 0.29) is 5.78 Å². The Morgan fingerprint density at radius 3 is 2.33 bits per heavy atom. The second-order valence-electron chi connectivity index (χ2n) is 4.73. The van der Waals surface area contributed by atoms with Crippen LogP contribution in [0.1, 0.15) is 37.0 Å². The van der Waals surface area contributed by atoms with Gasteiger partial charge in [0.25, 0.3) is 0 Å². The zero-order valence-electron chi connectivity index (χ0n) is 12.5. The van der Waals surface area contributed by atoms with Gasteiger partial charge in [0.05, 0.1) is 6.61 Å². The SMILES string of the molecule is CCCOc1ccc(Oc2cccc(C(=O)CC)c2)cc1. The van der Waals surface area contributed by atoms with Crippen molar-refractivity contribution in [3.63, 3.8) is 0 Å². The highest BCUT2D eigenvalue weighted by atomic mass is 16.5. The van der Waals surface area contributed by atoms with Gasteiger partial charge in [0.15, 0.2) is 5.78 Å². The van der Waals surface area contributed by atoms with Crippen molar-refractivity contribution < 1.29 is 14.3 Å². The Labute approximate surface area is 125 Å². The fourth-order valence-corrected chi connectivity index (χ4v) is 1.90. The normalized spacial score (nSPS) is 10.2. The van der Waals surface area contributed by atoms with Crippen molar-refractivity contribution in [2.45, 2.75) is 26.7 Å². The Balaban J connectivity index is 2.06. The molecule has 2 aromatic rings. The molecule has 0 heterocycles. The molecule has 3 nitrogen and oxygen atoms in total. The summed E-state index contributed by atoms with van der Waals surface area (Å²) in [7, 11) is 0. The number of rotatable bonds is 7. The number of hydrogen-bond acceptors (Lipinski definition) is 3. The van der Waals surface area contributed by atoms with E-state index in [2.05, 4.69) is 6.92 Å². The molecule has 0 radical (unpaired) electrons. The van der Waals surface area contributed by atoms with Gasteiger partial charge in [-0.2, -0.15) is 0 Å². The van der Waals surface area contributed by atoms with Crippen LogP contribution >= 0.6 is 0 Å². The number of Topliss-reactive ketones (excluding diaryl/α,β-unsaturated/α-hetero) is 1. The first kappa shape index (κ1) is 15.1. The Morgan fingerprint density at radius 1 is 0.952 bits per heavy atom. The van der Waals surface area contributed by atoms with Crippen LogP contribution in [0, 0.1) is 0 Å². The lowest BCUT2D eigenvalue weighted by atomic mass is 10.1. The van der Waals surface area contributed by atoms with Crippen molar-refractivity contribution in [1.82, 2.24) is 0 Å². The molecule has 2 rings (SSSR count). The van der Waals surface area contributed by atoms with Gasteiger partial charge in [-0.3, -0.25) is 4.79 Å². The van der Waals surface area contributed by atoms with Crippen LogP contribution in [-0.4, -0.2) is 12.4 Å². The van der Waals surface area contributed by atoms with E-state index in [0.29, 0.717) is 24.3 Å². The highest BCUT2D eigenvalue weighted by molar-refractivity contribution is 5.96. The average Bonchev–Trinajstić information content (AvgIpc) is 2.53. The summed E-state index contributed by atoms with van der Waals surface area (Å²) < 4.78 is 11.3. The maximum atomic E-state index is 11.7. The van der Waals surface area contributed by atoms with Gasteiger partial charge in [-0.1, -0.05) is 26.0 Å². The monoisotopic (exact) mass is 284 g/mol. The van der Waals surface area contributed by atoms with Gasteiger partial charge < -0.3 is 9.47 Å². The van der Waals surface area contributed by atoms with Crippen molar-refractivity contribution in [2.75, 3.05) is 6.61 Å². The Morgan fingerprint density at radius 2 is 1.67 bits per heavy atom. The van der Waals surface area contributed by atoms with Crippen molar-refractivity contribution >= 4 is 5.78 Å². The maximum Gasteiger partial charge on any atom is 0.162 e. The van der Waals surface area contributed by atoms with Crippen molar-refractivity contribution in [2.24, 2.45) is 0 Å². The summed E-state index contributed by atoms with van der Waals surface area (Å²) in [5, 5.41) is 0. The largest absolute Gasteiger partial charge is 0.494 e. The number of benzene rings is 2. The van der Waals surface area contributed by atoms with E-state index in [0.717, 1.165) is 17.9 Å². The third kappa shape index (κ3) is 4.35. The predicted molar refractivity (Wildman–Crippen MR) is 83.4 cm³/mol. The Hall–Kier alpha value is -2.29. The minimum Gasteiger partial charge on any atom is -0.494 e. The third-order valence-corrected chi connectivity index (χ3v) is 3.01. The summed E-state index contributed by atoms with van der Waals surface area (Å²) in [5.41, 5.74) is 0.679. The van der Waals surface area contributed by atoms with Crippen LogP contribution in [0.25, 0.3) is 0 Å². The first-order valence-corrected chi connectivity index (χ1v) is 7.27. The molecule has 110 valence electrons. The topological polar surface area (TPSA) is 35.5 Å². The van der Waals surface area contributed by atoms with Crippen LogP contribution in [0.2, 0.25) is 0 Å². The van der Waals surface area contributed by atoms with Crippen LogP contribution in [0.5, 0.6) is 17.2 Å². The summed E-state index contributed by atoms with van der Waals surface area (Å²) in [4.78, 5) is 11.7. The standard InChI is InChI=1S/C18H20O3/c1-3-12-20-15-8-10-16(11-9-15)21-17-7-5-6-14(13-17)18(19)4-2/h5-11,13H,3-4,12H2,1-2H3. The molecule has 0 aliphatic carbocycles. The van der Waals surface area contributed by atoms with Crippen molar-refractivity contribution in [3.05, 3.63) is 54.1 Å². The third-order valence-electron chi connectivity index (χ3n) is 3.01. The van der Waals surface area contributed by atoms with Crippen LogP contribution in [-0.2, 0) is 0 Å². The Kier molecular flexibility index (Phi) is 5.38. The average molecular weight is 284 g/mol. The summed E-state index contributed by atoms with van der Waals surface area (Å²) >= 11 is 0. The van der Waals surface area contributed by atoms with Gasteiger partial charge in [0, 0.05) is 12.0 Å². The van der Waals surface area contributed by atoms with Crippen LogP contribution in [0.4, 0.5) is 0 Å². The first-order valence-electron chi connectivity index (χ1n) is 7.27. The lowest BCUT2D eigenvalue weighted by Gasteiger charge is -2.08. The van der Waals surface area contributed by atoms with E-state index in [9.17, 15) is 4.79 Å². The van der Waals surface area contributed by atoms with Crippen LogP contribution in [0.15, 0.2) is 48.5 Å². The van der Waals surface area contributed by atoms with E-state index in [1.54, 1.807) is 12.1 Å². The molecule has 0 saturated carbocycles. The zero-order chi connectivity index (χ0) is 15.1. The molecule has 3 heteroatoms.